The SMILES string of the molecule is C[Si]1(C)CCCC[Si](C)(C)[Si](C)(C)[Si]1(C)C. The quantitative estimate of drug-likeness (QED) is 0.559. The van der Waals surface area contributed by atoms with Crippen molar-refractivity contribution in [2.24, 2.45) is 0 Å². The van der Waals surface area contributed by atoms with Gasteiger partial charge >= 0.3 is 0 Å². The molecule has 4 heteroatoms. The highest BCUT2D eigenvalue weighted by Gasteiger charge is 2.58. The van der Waals surface area contributed by atoms with Crippen molar-refractivity contribution < 1.29 is 0 Å². The molecule has 0 saturated carbocycles. The lowest BCUT2D eigenvalue weighted by Gasteiger charge is -2.56. The minimum Gasteiger partial charge on any atom is -0.0733 e. The van der Waals surface area contributed by atoms with E-state index >= 15 is 0 Å². The fourth-order valence-electron chi connectivity index (χ4n) is 3.45. The first-order valence-electron chi connectivity index (χ1n) is 6.96. The van der Waals surface area contributed by atoms with Crippen LogP contribution in [0.2, 0.25) is 64.5 Å². The van der Waals surface area contributed by atoms with Crippen LogP contribution in [0.3, 0.4) is 0 Å². The second-order valence-corrected chi connectivity index (χ2v) is 49.4. The van der Waals surface area contributed by atoms with Gasteiger partial charge in [0.05, 0.1) is 0 Å². The van der Waals surface area contributed by atoms with E-state index in [9.17, 15) is 0 Å². The fraction of sp³-hybridized carbons (Fsp3) is 1.00. The molecular weight excluding hydrogens is 256 g/mol. The van der Waals surface area contributed by atoms with Crippen molar-refractivity contribution in [1.82, 2.24) is 0 Å². The van der Waals surface area contributed by atoms with Crippen LogP contribution in [0.1, 0.15) is 12.8 Å². The van der Waals surface area contributed by atoms with E-state index in [-0.39, 0.29) is 0 Å². The lowest BCUT2D eigenvalue weighted by Crippen LogP contribution is -2.79. The van der Waals surface area contributed by atoms with E-state index in [0.717, 1.165) is 0 Å². The molecule has 0 spiro atoms. The van der Waals surface area contributed by atoms with Crippen LogP contribution in [-0.4, -0.2) is 29.4 Å². The standard InChI is InChI=1S/C12H32Si4/c1-13(2)11-9-10-12-14(3,4)16(7,8)15(13,5)6/h9-12H2,1-8H3. The molecule has 0 unspecified atom stereocenters. The van der Waals surface area contributed by atoms with Gasteiger partial charge in [-0.25, -0.2) is 0 Å². The Balaban J connectivity index is 3.23. The minimum absolute atomic E-state index is 0.890. The van der Waals surface area contributed by atoms with Gasteiger partial charge in [-0.15, -0.1) is 0 Å². The van der Waals surface area contributed by atoms with E-state index in [1.165, 1.54) is 0 Å². The van der Waals surface area contributed by atoms with Gasteiger partial charge in [-0.05, 0) is 0 Å². The summed E-state index contributed by atoms with van der Waals surface area (Å²) in [5.74, 6) is 0. The van der Waals surface area contributed by atoms with Gasteiger partial charge in [-0.3, -0.25) is 0 Å². The maximum absolute atomic E-state index is 2.78. The van der Waals surface area contributed by atoms with Crippen LogP contribution >= 0.6 is 0 Å². The van der Waals surface area contributed by atoms with Crippen LogP contribution in [0, 0.1) is 0 Å². The third-order valence-corrected chi connectivity index (χ3v) is 76.8. The van der Waals surface area contributed by atoms with Crippen molar-refractivity contribution in [1.29, 1.82) is 0 Å². The monoisotopic (exact) mass is 288 g/mol. The maximum atomic E-state index is 2.78. The van der Waals surface area contributed by atoms with Gasteiger partial charge in [0.2, 0.25) is 0 Å². The summed E-state index contributed by atoms with van der Waals surface area (Å²) in [6, 6.07) is 3.26. The molecule has 1 fully saturated rings. The molecule has 96 valence electrons. The molecular formula is C12H32Si4. The Hall–Kier alpha value is 0.868. The maximum Gasteiger partial charge on any atom is 0.0384 e. The zero-order chi connectivity index (χ0) is 12.8. The average molecular weight is 289 g/mol. The Morgan fingerprint density at radius 2 is 0.750 bits per heavy atom. The number of hydrogen-bond donors (Lipinski definition) is 0. The molecule has 1 aliphatic rings. The van der Waals surface area contributed by atoms with Crippen molar-refractivity contribution in [2.45, 2.75) is 77.3 Å². The van der Waals surface area contributed by atoms with E-state index in [2.05, 4.69) is 52.4 Å². The summed E-state index contributed by atoms with van der Waals surface area (Å²) in [4.78, 5) is 0. The summed E-state index contributed by atoms with van der Waals surface area (Å²) in [6.07, 6.45) is 3.10. The molecule has 0 amide bonds. The van der Waals surface area contributed by atoms with Crippen molar-refractivity contribution in [3.63, 3.8) is 0 Å². The number of hydrogen-bond acceptors (Lipinski definition) is 0. The summed E-state index contributed by atoms with van der Waals surface area (Å²) < 4.78 is 0. The van der Waals surface area contributed by atoms with Crippen LogP contribution in [0.4, 0.5) is 0 Å². The van der Waals surface area contributed by atoms with Crippen LogP contribution < -0.4 is 0 Å². The van der Waals surface area contributed by atoms with Crippen molar-refractivity contribution in [3.05, 3.63) is 0 Å². The predicted octanol–water partition coefficient (Wildman–Crippen LogP) is 4.85. The Kier molecular flexibility index (Phi) is 3.93. The minimum atomic E-state index is -0.924. The third-order valence-electron chi connectivity index (χ3n) is 6.80. The number of rotatable bonds is 0. The van der Waals surface area contributed by atoms with E-state index < -0.39 is 29.4 Å². The highest BCUT2D eigenvalue weighted by atomic mass is 29.8. The largest absolute Gasteiger partial charge is 0.0733 e. The van der Waals surface area contributed by atoms with Gasteiger partial charge in [-0.2, -0.15) is 0 Å². The average Bonchev–Trinajstić information content (AvgIpc) is 2.10. The topological polar surface area (TPSA) is 0 Å². The fourth-order valence-corrected chi connectivity index (χ4v) is 76.3. The molecule has 1 rings (SSSR count). The molecule has 0 aromatic heterocycles. The second kappa shape index (κ2) is 4.21. The molecule has 0 radical (unpaired) electrons. The summed E-state index contributed by atoms with van der Waals surface area (Å²) in [5.41, 5.74) is 0. The van der Waals surface area contributed by atoms with Crippen LogP contribution in [0.15, 0.2) is 0 Å². The highest BCUT2D eigenvalue weighted by Crippen LogP contribution is 2.41. The molecule has 0 atom stereocenters. The van der Waals surface area contributed by atoms with Gasteiger partial charge in [0.25, 0.3) is 0 Å². The molecule has 1 heterocycles. The molecule has 0 N–H and O–H groups in total. The van der Waals surface area contributed by atoms with E-state index in [1.807, 2.05) is 0 Å². The van der Waals surface area contributed by atoms with E-state index in [1.54, 1.807) is 24.9 Å². The Labute approximate surface area is 107 Å². The van der Waals surface area contributed by atoms with E-state index in [0.29, 0.717) is 0 Å². The summed E-state index contributed by atoms with van der Waals surface area (Å²) in [6.45, 7) is 22.0. The normalized spacial score (nSPS) is 31.5. The molecule has 1 saturated heterocycles. The van der Waals surface area contributed by atoms with E-state index in [4.69, 9.17) is 0 Å². The molecule has 0 bridgehead atoms. The zero-order valence-electron chi connectivity index (χ0n) is 12.8. The second-order valence-electron chi connectivity index (χ2n) is 8.22. The Morgan fingerprint density at radius 3 is 1.00 bits per heavy atom. The van der Waals surface area contributed by atoms with Crippen molar-refractivity contribution >= 4 is 29.4 Å². The molecule has 16 heavy (non-hydrogen) atoms. The molecule has 1 aliphatic heterocycles. The lowest BCUT2D eigenvalue weighted by atomic mass is 10.4. The molecule has 0 nitrogen and oxygen atoms in total. The van der Waals surface area contributed by atoms with Crippen molar-refractivity contribution in [3.8, 4) is 0 Å². The molecule has 0 aliphatic carbocycles. The predicted molar refractivity (Wildman–Crippen MR) is 88.8 cm³/mol. The van der Waals surface area contributed by atoms with Gasteiger partial charge < -0.3 is 0 Å². The van der Waals surface area contributed by atoms with Crippen molar-refractivity contribution in [2.75, 3.05) is 0 Å². The zero-order valence-corrected chi connectivity index (χ0v) is 16.8. The summed E-state index contributed by atoms with van der Waals surface area (Å²) in [7, 11) is -3.63. The third kappa shape index (κ3) is 2.10. The summed E-state index contributed by atoms with van der Waals surface area (Å²) in [5, 5.41) is 0. The smallest absolute Gasteiger partial charge is 0.0384 e. The first-order valence-corrected chi connectivity index (χ1v) is 22.4. The highest BCUT2D eigenvalue weighted by molar-refractivity contribution is 7.83. The summed E-state index contributed by atoms with van der Waals surface area (Å²) >= 11 is 0. The van der Waals surface area contributed by atoms with Gasteiger partial charge in [0.1, 0.15) is 0 Å². The first-order chi connectivity index (χ1) is 6.96. The van der Waals surface area contributed by atoms with Crippen LogP contribution in [0.5, 0.6) is 0 Å². The Bertz CT molecular complexity index is 238. The molecule has 0 aromatic carbocycles. The Morgan fingerprint density at radius 1 is 0.500 bits per heavy atom. The van der Waals surface area contributed by atoms with Gasteiger partial charge in [0.15, 0.2) is 0 Å². The van der Waals surface area contributed by atoms with Crippen LogP contribution in [-0.2, 0) is 0 Å². The lowest BCUT2D eigenvalue weighted by molar-refractivity contribution is 0.857. The van der Waals surface area contributed by atoms with Gasteiger partial charge in [0, 0.05) is 29.4 Å². The van der Waals surface area contributed by atoms with Crippen LogP contribution in [0.25, 0.3) is 0 Å². The first kappa shape index (κ1) is 14.9. The molecule has 0 aromatic rings. The van der Waals surface area contributed by atoms with Gasteiger partial charge in [-0.1, -0.05) is 77.3 Å².